The number of aromatic nitrogens is 1. The molecule has 1 atom stereocenters. The topological polar surface area (TPSA) is 71.5 Å². The molecule has 1 aromatic heterocycles. The van der Waals surface area contributed by atoms with E-state index in [2.05, 4.69) is 5.32 Å². The van der Waals surface area contributed by atoms with E-state index in [1.807, 2.05) is 78.9 Å². The van der Waals surface area contributed by atoms with E-state index in [4.69, 9.17) is 9.72 Å². The predicted molar refractivity (Wildman–Crippen MR) is 131 cm³/mol. The number of thiazole rings is 1. The lowest BCUT2D eigenvalue weighted by atomic mass is 10.0. The van der Waals surface area contributed by atoms with Crippen LogP contribution in [0, 0.1) is 0 Å². The van der Waals surface area contributed by atoms with Crippen LogP contribution in [0.3, 0.4) is 0 Å². The van der Waals surface area contributed by atoms with Gasteiger partial charge in [0.25, 0.3) is 0 Å². The molecule has 0 aliphatic rings. The Kier molecular flexibility index (Phi) is 7.00. The second kappa shape index (κ2) is 10.3. The monoisotopic (exact) mass is 459 g/mol. The lowest BCUT2D eigenvalue weighted by molar-refractivity contribution is -0.121. The molecule has 0 radical (unpaired) electrons. The molecular weight excluding hydrogens is 434 g/mol. The van der Waals surface area contributed by atoms with Gasteiger partial charge in [0.2, 0.25) is 11.8 Å². The minimum Gasteiger partial charge on any atom is -0.497 e. The van der Waals surface area contributed by atoms with Crippen molar-refractivity contribution in [3.63, 3.8) is 0 Å². The Hall–Kier alpha value is -3.71. The predicted octanol–water partition coefficient (Wildman–Crippen LogP) is 5.11. The summed E-state index contributed by atoms with van der Waals surface area (Å²) in [6, 6.07) is 24.6. The van der Waals surface area contributed by atoms with Crippen molar-refractivity contribution in [2.45, 2.75) is 25.9 Å². The molecule has 2 amide bonds. The number of benzene rings is 3. The first-order valence-electron chi connectivity index (χ1n) is 10.6. The van der Waals surface area contributed by atoms with Crippen LogP contribution in [0.25, 0.3) is 10.2 Å². The summed E-state index contributed by atoms with van der Waals surface area (Å²) in [4.78, 5) is 31.9. The maximum absolute atomic E-state index is 13.6. The summed E-state index contributed by atoms with van der Waals surface area (Å²) in [7, 11) is 1.63. The maximum atomic E-state index is 13.6. The number of rotatable bonds is 8. The molecule has 0 spiro atoms. The standard InChI is InChI=1S/C26H25N3O3S/c1-18(30)27-23(20-11-7-4-8-12-20)16-25(31)29(17-19-9-5-3-6-10-19)26-28-22-14-13-21(32-2)15-24(22)33-26/h3-15,23H,16-17H2,1-2H3,(H,27,30). The number of amides is 2. The summed E-state index contributed by atoms with van der Waals surface area (Å²) < 4.78 is 6.27. The van der Waals surface area contributed by atoms with Gasteiger partial charge in [-0.15, -0.1) is 0 Å². The van der Waals surface area contributed by atoms with E-state index < -0.39 is 6.04 Å². The number of ether oxygens (including phenoxy) is 1. The smallest absolute Gasteiger partial charge is 0.231 e. The molecule has 6 nitrogen and oxygen atoms in total. The number of nitrogens with zero attached hydrogens (tertiary/aromatic N) is 2. The highest BCUT2D eigenvalue weighted by Gasteiger charge is 2.25. The Morgan fingerprint density at radius 3 is 2.39 bits per heavy atom. The van der Waals surface area contributed by atoms with Crippen molar-refractivity contribution >= 4 is 38.5 Å². The molecule has 1 unspecified atom stereocenters. The van der Waals surface area contributed by atoms with Crippen molar-refractivity contribution in [2.75, 3.05) is 12.0 Å². The minimum atomic E-state index is -0.427. The van der Waals surface area contributed by atoms with Crippen molar-refractivity contribution in [1.82, 2.24) is 10.3 Å². The largest absolute Gasteiger partial charge is 0.497 e. The molecule has 1 N–H and O–H groups in total. The summed E-state index contributed by atoms with van der Waals surface area (Å²) in [6.07, 6.45) is 0.121. The molecular formula is C26H25N3O3S. The number of anilines is 1. The van der Waals surface area contributed by atoms with Gasteiger partial charge < -0.3 is 10.1 Å². The zero-order valence-corrected chi connectivity index (χ0v) is 19.3. The molecule has 0 bridgehead atoms. The lowest BCUT2D eigenvalue weighted by Gasteiger charge is -2.24. The van der Waals surface area contributed by atoms with Crippen LogP contribution in [0.4, 0.5) is 5.13 Å². The highest BCUT2D eigenvalue weighted by Crippen LogP contribution is 2.33. The van der Waals surface area contributed by atoms with Crippen molar-refractivity contribution in [3.8, 4) is 5.75 Å². The van der Waals surface area contributed by atoms with E-state index in [-0.39, 0.29) is 18.2 Å². The zero-order valence-electron chi connectivity index (χ0n) is 18.5. The number of fused-ring (bicyclic) bond motifs is 1. The first-order valence-corrected chi connectivity index (χ1v) is 11.5. The number of hydrogen-bond donors (Lipinski definition) is 1. The van der Waals surface area contributed by atoms with Crippen LogP contribution in [-0.4, -0.2) is 23.9 Å². The second-order valence-electron chi connectivity index (χ2n) is 7.66. The molecule has 0 fully saturated rings. The Labute approximate surface area is 196 Å². The summed E-state index contributed by atoms with van der Waals surface area (Å²) in [5.74, 6) is 0.444. The Morgan fingerprint density at radius 2 is 1.73 bits per heavy atom. The first kappa shape index (κ1) is 22.5. The normalized spacial score (nSPS) is 11.7. The van der Waals surface area contributed by atoms with Gasteiger partial charge >= 0.3 is 0 Å². The SMILES string of the molecule is COc1ccc2nc(N(Cc3ccccc3)C(=O)CC(NC(C)=O)c3ccccc3)sc2c1. The molecule has 7 heteroatoms. The molecule has 1 heterocycles. The van der Waals surface area contributed by atoms with Crippen LogP contribution >= 0.6 is 11.3 Å². The van der Waals surface area contributed by atoms with Crippen molar-refractivity contribution in [1.29, 1.82) is 0 Å². The number of carbonyl (C=O) groups is 2. The van der Waals surface area contributed by atoms with Crippen LogP contribution in [0.1, 0.15) is 30.5 Å². The van der Waals surface area contributed by atoms with E-state index in [1.165, 1.54) is 18.3 Å². The lowest BCUT2D eigenvalue weighted by Crippen LogP contribution is -2.35. The number of methoxy groups -OCH3 is 1. The van der Waals surface area contributed by atoms with Crippen molar-refractivity contribution in [2.24, 2.45) is 0 Å². The zero-order chi connectivity index (χ0) is 23.2. The third kappa shape index (κ3) is 5.56. The number of hydrogen-bond acceptors (Lipinski definition) is 5. The Balaban J connectivity index is 1.67. The highest BCUT2D eigenvalue weighted by atomic mass is 32.1. The van der Waals surface area contributed by atoms with E-state index in [0.717, 1.165) is 27.1 Å². The van der Waals surface area contributed by atoms with Gasteiger partial charge in [-0.25, -0.2) is 4.98 Å². The first-order chi connectivity index (χ1) is 16.0. The Morgan fingerprint density at radius 1 is 1.03 bits per heavy atom. The molecule has 0 aliphatic carbocycles. The van der Waals surface area contributed by atoms with Crippen LogP contribution in [0.2, 0.25) is 0 Å². The number of carbonyl (C=O) groups excluding carboxylic acids is 2. The van der Waals surface area contributed by atoms with Gasteiger partial charge in [0, 0.05) is 6.92 Å². The van der Waals surface area contributed by atoms with E-state index in [9.17, 15) is 9.59 Å². The maximum Gasteiger partial charge on any atom is 0.231 e. The van der Waals surface area contributed by atoms with Crippen LogP contribution in [-0.2, 0) is 16.1 Å². The third-order valence-corrected chi connectivity index (χ3v) is 6.30. The third-order valence-electron chi connectivity index (χ3n) is 5.26. The van der Waals surface area contributed by atoms with Gasteiger partial charge in [-0.1, -0.05) is 72.0 Å². The fourth-order valence-corrected chi connectivity index (χ4v) is 4.64. The molecule has 4 rings (SSSR count). The summed E-state index contributed by atoms with van der Waals surface area (Å²) >= 11 is 1.45. The van der Waals surface area contributed by atoms with Gasteiger partial charge in [-0.05, 0) is 29.3 Å². The fourth-order valence-electron chi connectivity index (χ4n) is 3.63. The van der Waals surface area contributed by atoms with Gasteiger partial charge in [0.15, 0.2) is 5.13 Å². The molecule has 0 saturated heterocycles. The van der Waals surface area contributed by atoms with E-state index in [0.29, 0.717) is 11.7 Å². The van der Waals surface area contributed by atoms with Gasteiger partial charge in [-0.3, -0.25) is 14.5 Å². The molecule has 33 heavy (non-hydrogen) atoms. The average molecular weight is 460 g/mol. The Bertz CT molecular complexity index is 1240. The summed E-state index contributed by atoms with van der Waals surface area (Å²) in [5.41, 5.74) is 2.69. The van der Waals surface area contributed by atoms with Gasteiger partial charge in [0.05, 0.1) is 36.3 Å². The summed E-state index contributed by atoms with van der Waals surface area (Å²) in [6.45, 7) is 1.85. The molecule has 168 valence electrons. The van der Waals surface area contributed by atoms with Crippen LogP contribution < -0.4 is 15.0 Å². The van der Waals surface area contributed by atoms with E-state index in [1.54, 1.807) is 12.0 Å². The molecule has 0 saturated carbocycles. The molecule has 3 aromatic carbocycles. The van der Waals surface area contributed by atoms with Gasteiger partial charge in [0.1, 0.15) is 5.75 Å². The molecule has 4 aromatic rings. The van der Waals surface area contributed by atoms with Crippen molar-refractivity contribution < 1.29 is 14.3 Å². The number of nitrogens with one attached hydrogen (secondary N) is 1. The van der Waals surface area contributed by atoms with Crippen LogP contribution in [0.15, 0.2) is 78.9 Å². The highest BCUT2D eigenvalue weighted by molar-refractivity contribution is 7.22. The quantitative estimate of drug-likeness (QED) is 0.398. The molecule has 0 aliphatic heterocycles. The van der Waals surface area contributed by atoms with Gasteiger partial charge in [-0.2, -0.15) is 0 Å². The van der Waals surface area contributed by atoms with E-state index >= 15 is 0 Å². The van der Waals surface area contributed by atoms with Crippen LogP contribution in [0.5, 0.6) is 5.75 Å². The average Bonchev–Trinajstić information content (AvgIpc) is 3.26. The van der Waals surface area contributed by atoms with Crippen molar-refractivity contribution in [3.05, 3.63) is 90.0 Å². The summed E-state index contributed by atoms with van der Waals surface area (Å²) in [5, 5.41) is 3.53. The fraction of sp³-hybridized carbons (Fsp3) is 0.192. The second-order valence-corrected chi connectivity index (χ2v) is 8.67. The minimum absolute atomic E-state index is 0.118.